The predicted octanol–water partition coefficient (Wildman–Crippen LogP) is 3.03. The third kappa shape index (κ3) is 2.78. The van der Waals surface area contributed by atoms with Crippen LogP contribution in [-0.4, -0.2) is 27.9 Å². The van der Waals surface area contributed by atoms with Crippen LogP contribution in [0.15, 0.2) is 47.5 Å². The third-order valence-corrected chi connectivity index (χ3v) is 4.48. The Bertz CT molecular complexity index is 606. The summed E-state index contributed by atoms with van der Waals surface area (Å²) in [7, 11) is 0. The Morgan fingerprint density at radius 1 is 1.15 bits per heavy atom. The van der Waals surface area contributed by atoms with Crippen molar-refractivity contribution in [3.05, 3.63) is 47.6 Å². The molecule has 6 heteroatoms. The van der Waals surface area contributed by atoms with Gasteiger partial charge in [-0.15, -0.1) is 10.2 Å². The molecule has 0 radical (unpaired) electrons. The molecule has 1 atom stereocenters. The number of aromatic nitrogens is 2. The molecule has 1 aliphatic heterocycles. The lowest BCUT2D eigenvalue weighted by Gasteiger charge is -2.16. The second-order valence-electron chi connectivity index (χ2n) is 4.41. The van der Waals surface area contributed by atoms with Crippen molar-refractivity contribution in [2.75, 3.05) is 11.4 Å². The fourth-order valence-electron chi connectivity index (χ4n) is 2.14. The first kappa shape index (κ1) is 13.4. The smallest absolute Gasteiger partial charge is 0.240 e. The molecular formula is C14H12ClN3OS. The number of halogens is 1. The number of nitrogens with zero attached hydrogens (tertiary/aromatic N) is 3. The number of para-hydroxylation sites is 1. The van der Waals surface area contributed by atoms with Crippen LogP contribution in [-0.2, 0) is 4.79 Å². The van der Waals surface area contributed by atoms with E-state index in [4.69, 9.17) is 11.6 Å². The first-order valence-corrected chi connectivity index (χ1v) is 7.52. The molecule has 0 bridgehead atoms. The Hall–Kier alpha value is -1.59. The molecule has 1 fully saturated rings. The van der Waals surface area contributed by atoms with Gasteiger partial charge in [0.25, 0.3) is 0 Å². The number of hydrogen-bond donors (Lipinski definition) is 0. The quantitative estimate of drug-likeness (QED) is 0.874. The Morgan fingerprint density at radius 2 is 1.95 bits per heavy atom. The van der Waals surface area contributed by atoms with Crippen LogP contribution in [0.3, 0.4) is 0 Å². The molecule has 2 heterocycles. The zero-order chi connectivity index (χ0) is 13.9. The van der Waals surface area contributed by atoms with Crippen molar-refractivity contribution in [3.8, 4) is 0 Å². The number of amides is 1. The summed E-state index contributed by atoms with van der Waals surface area (Å²) in [5.74, 6) is 0.123. The van der Waals surface area contributed by atoms with Crippen LogP contribution in [0, 0.1) is 0 Å². The van der Waals surface area contributed by atoms with Gasteiger partial charge in [0.05, 0.1) is 5.25 Å². The maximum absolute atomic E-state index is 12.4. The van der Waals surface area contributed by atoms with Gasteiger partial charge in [0.2, 0.25) is 5.91 Å². The van der Waals surface area contributed by atoms with Crippen LogP contribution in [0.1, 0.15) is 6.42 Å². The van der Waals surface area contributed by atoms with Crippen molar-refractivity contribution >= 4 is 35.0 Å². The molecule has 4 nitrogen and oxygen atoms in total. The van der Waals surface area contributed by atoms with Crippen LogP contribution in [0.4, 0.5) is 5.69 Å². The summed E-state index contributed by atoms with van der Waals surface area (Å²) in [5.41, 5.74) is 0.947. The number of anilines is 1. The number of thioether (sulfide) groups is 1. The van der Waals surface area contributed by atoms with Gasteiger partial charge in [-0.05, 0) is 30.7 Å². The molecule has 20 heavy (non-hydrogen) atoms. The minimum absolute atomic E-state index is 0.106. The normalized spacial score (nSPS) is 18.6. The maximum Gasteiger partial charge on any atom is 0.240 e. The summed E-state index contributed by atoms with van der Waals surface area (Å²) >= 11 is 7.15. The van der Waals surface area contributed by atoms with E-state index >= 15 is 0 Å². The SMILES string of the molecule is O=C1[C@H](Sc2ccc(Cl)nn2)CCN1c1ccccc1. The average Bonchev–Trinajstić information content (AvgIpc) is 2.84. The van der Waals surface area contributed by atoms with Gasteiger partial charge < -0.3 is 4.90 Å². The summed E-state index contributed by atoms with van der Waals surface area (Å²) in [5, 5.41) is 8.76. The van der Waals surface area contributed by atoms with Crippen LogP contribution >= 0.6 is 23.4 Å². The predicted molar refractivity (Wildman–Crippen MR) is 80.1 cm³/mol. The minimum Gasteiger partial charge on any atom is -0.311 e. The minimum atomic E-state index is -0.106. The van der Waals surface area contributed by atoms with E-state index < -0.39 is 0 Å². The second kappa shape index (κ2) is 5.81. The first-order chi connectivity index (χ1) is 9.74. The van der Waals surface area contributed by atoms with Gasteiger partial charge in [0.15, 0.2) is 5.15 Å². The summed E-state index contributed by atoms with van der Waals surface area (Å²) in [6.45, 7) is 0.738. The van der Waals surface area contributed by atoms with Crippen molar-refractivity contribution in [3.63, 3.8) is 0 Å². The number of benzene rings is 1. The van der Waals surface area contributed by atoms with E-state index in [1.165, 1.54) is 11.8 Å². The van der Waals surface area contributed by atoms with E-state index in [0.717, 1.165) is 23.7 Å². The largest absolute Gasteiger partial charge is 0.311 e. The van der Waals surface area contributed by atoms with Gasteiger partial charge in [-0.25, -0.2) is 0 Å². The highest BCUT2D eigenvalue weighted by Crippen LogP contribution is 2.32. The third-order valence-electron chi connectivity index (χ3n) is 3.09. The van der Waals surface area contributed by atoms with Crippen LogP contribution in [0.25, 0.3) is 0 Å². The molecule has 0 spiro atoms. The van der Waals surface area contributed by atoms with Crippen LogP contribution < -0.4 is 4.90 Å². The van der Waals surface area contributed by atoms with E-state index in [1.807, 2.05) is 35.2 Å². The van der Waals surface area contributed by atoms with E-state index in [2.05, 4.69) is 10.2 Å². The molecule has 1 saturated heterocycles. The van der Waals surface area contributed by atoms with Gasteiger partial charge in [-0.2, -0.15) is 0 Å². The lowest BCUT2D eigenvalue weighted by atomic mass is 10.3. The van der Waals surface area contributed by atoms with E-state index in [9.17, 15) is 4.79 Å². The molecule has 102 valence electrons. The summed E-state index contributed by atoms with van der Waals surface area (Å²) in [6, 6.07) is 13.2. The van der Waals surface area contributed by atoms with Crippen molar-refractivity contribution in [2.45, 2.75) is 16.7 Å². The topological polar surface area (TPSA) is 46.1 Å². The lowest BCUT2D eigenvalue weighted by Crippen LogP contribution is -2.27. The Morgan fingerprint density at radius 3 is 2.65 bits per heavy atom. The molecule has 3 rings (SSSR count). The highest BCUT2D eigenvalue weighted by Gasteiger charge is 2.33. The number of carbonyl (C=O) groups is 1. The fraction of sp³-hybridized carbons (Fsp3) is 0.214. The Balaban J connectivity index is 1.71. The Kier molecular flexibility index (Phi) is 3.89. The molecule has 0 saturated carbocycles. The zero-order valence-corrected chi connectivity index (χ0v) is 12.1. The molecule has 1 aromatic heterocycles. The van der Waals surface area contributed by atoms with Crippen molar-refractivity contribution in [1.29, 1.82) is 0 Å². The number of hydrogen-bond acceptors (Lipinski definition) is 4. The van der Waals surface area contributed by atoms with Gasteiger partial charge in [-0.1, -0.05) is 41.6 Å². The highest BCUT2D eigenvalue weighted by molar-refractivity contribution is 8.00. The molecule has 1 aromatic carbocycles. The lowest BCUT2D eigenvalue weighted by molar-refractivity contribution is -0.116. The molecular weight excluding hydrogens is 294 g/mol. The summed E-state index contributed by atoms with van der Waals surface area (Å²) < 4.78 is 0. The summed E-state index contributed by atoms with van der Waals surface area (Å²) in [4.78, 5) is 14.2. The molecule has 1 amide bonds. The average molecular weight is 306 g/mol. The molecule has 0 N–H and O–H groups in total. The molecule has 1 aliphatic rings. The van der Waals surface area contributed by atoms with Crippen LogP contribution in [0.5, 0.6) is 0 Å². The van der Waals surface area contributed by atoms with E-state index in [1.54, 1.807) is 12.1 Å². The zero-order valence-electron chi connectivity index (χ0n) is 10.6. The van der Waals surface area contributed by atoms with Gasteiger partial charge in [0, 0.05) is 12.2 Å². The van der Waals surface area contributed by atoms with E-state index in [0.29, 0.717) is 5.15 Å². The fourth-order valence-corrected chi connectivity index (χ4v) is 3.22. The maximum atomic E-state index is 12.4. The molecule has 2 aromatic rings. The van der Waals surface area contributed by atoms with Gasteiger partial charge in [-0.3, -0.25) is 4.79 Å². The highest BCUT2D eigenvalue weighted by atomic mass is 35.5. The Labute approximate surface area is 126 Å². The van der Waals surface area contributed by atoms with Crippen molar-refractivity contribution < 1.29 is 4.79 Å². The van der Waals surface area contributed by atoms with Gasteiger partial charge in [0.1, 0.15) is 5.03 Å². The van der Waals surface area contributed by atoms with Gasteiger partial charge >= 0.3 is 0 Å². The number of rotatable bonds is 3. The second-order valence-corrected chi connectivity index (χ2v) is 6.03. The van der Waals surface area contributed by atoms with Crippen LogP contribution in [0.2, 0.25) is 5.15 Å². The molecule has 0 unspecified atom stereocenters. The standard InChI is InChI=1S/C14H12ClN3OS/c15-12-6-7-13(17-16-12)20-11-8-9-18(14(11)19)10-4-2-1-3-5-10/h1-7,11H,8-9H2/t11-/m1/s1. The van der Waals surface area contributed by atoms with Crippen molar-refractivity contribution in [1.82, 2.24) is 10.2 Å². The van der Waals surface area contributed by atoms with Crippen molar-refractivity contribution in [2.24, 2.45) is 0 Å². The monoisotopic (exact) mass is 305 g/mol. The molecule has 0 aliphatic carbocycles. The van der Waals surface area contributed by atoms with E-state index in [-0.39, 0.29) is 11.2 Å². The first-order valence-electron chi connectivity index (χ1n) is 6.26. The number of carbonyl (C=O) groups excluding carboxylic acids is 1. The summed E-state index contributed by atoms with van der Waals surface area (Å²) in [6.07, 6.45) is 0.808.